The zero-order valence-electron chi connectivity index (χ0n) is 19.2. The average Bonchev–Trinajstić information content (AvgIpc) is 2.73. The van der Waals surface area contributed by atoms with E-state index in [9.17, 15) is 0 Å². The Hall–Kier alpha value is -2.17. The molecular formula is C24H43N5. The van der Waals surface area contributed by atoms with Gasteiger partial charge in [-0.3, -0.25) is 0 Å². The number of rotatable bonds is 8. The maximum atomic E-state index is 5.91. The summed E-state index contributed by atoms with van der Waals surface area (Å²) in [6, 6.07) is 3.81. The molecule has 5 nitrogen and oxygen atoms in total. The highest BCUT2D eigenvalue weighted by Gasteiger charge is 2.19. The molecular weight excluding hydrogens is 358 g/mol. The zero-order valence-corrected chi connectivity index (χ0v) is 19.2. The molecule has 1 atom stereocenters. The standard InChI is InChI=1S/C12H19N3.C12H24N2/c1-2-10-5-8-15(9-6-10)12-11(13)4-3-7-14-12;1-5-10(2)8-9-14-12(4)7-6-11(3)13/h3-4,7,10H,2,5-6,8-9,13H2,1H3;6-7,10,14H,5,8-9,13H2,1-4H3/b;11-6+,12-7+. The van der Waals surface area contributed by atoms with Gasteiger partial charge in [-0.1, -0.05) is 33.6 Å². The molecule has 0 aliphatic carbocycles. The van der Waals surface area contributed by atoms with Crippen LogP contribution in [0.15, 0.2) is 41.9 Å². The Balaban J connectivity index is 0.000000291. The minimum Gasteiger partial charge on any atom is -0.402 e. The number of nitrogens with one attached hydrogen (secondary N) is 1. The Kier molecular flexibility index (Phi) is 11.9. The van der Waals surface area contributed by atoms with E-state index in [0.29, 0.717) is 0 Å². The van der Waals surface area contributed by atoms with E-state index in [-0.39, 0.29) is 0 Å². The van der Waals surface area contributed by atoms with Gasteiger partial charge in [-0.2, -0.15) is 0 Å². The summed E-state index contributed by atoms with van der Waals surface area (Å²) in [6.07, 6.45) is 12.1. The Bertz CT molecular complexity index is 626. The first kappa shape index (κ1) is 24.9. The highest BCUT2D eigenvalue weighted by molar-refractivity contribution is 5.62. The Morgan fingerprint density at radius 2 is 1.97 bits per heavy atom. The highest BCUT2D eigenvalue weighted by Crippen LogP contribution is 2.26. The van der Waals surface area contributed by atoms with E-state index in [1.165, 1.54) is 37.8 Å². The van der Waals surface area contributed by atoms with Crippen molar-refractivity contribution in [2.45, 2.75) is 66.7 Å². The first-order chi connectivity index (χ1) is 13.9. The largest absolute Gasteiger partial charge is 0.402 e. The number of nitrogens with two attached hydrogens (primary N) is 2. The summed E-state index contributed by atoms with van der Waals surface area (Å²) < 4.78 is 0. The number of piperidine rings is 1. The van der Waals surface area contributed by atoms with Gasteiger partial charge in [0, 0.05) is 37.2 Å². The van der Waals surface area contributed by atoms with E-state index in [2.05, 4.69) is 42.9 Å². The fourth-order valence-electron chi connectivity index (χ4n) is 3.26. The molecule has 5 N–H and O–H groups in total. The molecule has 2 rings (SSSR count). The predicted octanol–water partition coefficient (Wildman–Crippen LogP) is 5.07. The lowest BCUT2D eigenvalue weighted by Gasteiger charge is -2.32. The van der Waals surface area contributed by atoms with Gasteiger partial charge in [-0.15, -0.1) is 0 Å². The topological polar surface area (TPSA) is 80.2 Å². The van der Waals surface area contributed by atoms with Crippen molar-refractivity contribution in [2.24, 2.45) is 17.6 Å². The summed E-state index contributed by atoms with van der Waals surface area (Å²) in [5.41, 5.74) is 14.3. The van der Waals surface area contributed by atoms with Crippen LogP contribution in [0.3, 0.4) is 0 Å². The molecule has 164 valence electrons. The number of nitrogen functional groups attached to an aromatic ring is 1. The monoisotopic (exact) mass is 401 g/mol. The zero-order chi connectivity index (χ0) is 21.6. The van der Waals surface area contributed by atoms with E-state index in [0.717, 1.165) is 48.7 Å². The summed E-state index contributed by atoms with van der Waals surface area (Å²) in [7, 11) is 0. The van der Waals surface area contributed by atoms with Crippen LogP contribution >= 0.6 is 0 Å². The van der Waals surface area contributed by atoms with Gasteiger partial charge in [0.15, 0.2) is 5.82 Å². The summed E-state index contributed by atoms with van der Waals surface area (Å²) in [5.74, 6) is 2.67. The first-order valence-corrected chi connectivity index (χ1v) is 11.2. The van der Waals surface area contributed by atoms with Crippen LogP contribution in [0.25, 0.3) is 0 Å². The second-order valence-electron chi connectivity index (χ2n) is 8.24. The van der Waals surface area contributed by atoms with Crippen molar-refractivity contribution in [1.82, 2.24) is 10.3 Å². The molecule has 29 heavy (non-hydrogen) atoms. The predicted molar refractivity (Wildman–Crippen MR) is 128 cm³/mol. The maximum Gasteiger partial charge on any atom is 0.151 e. The maximum absolute atomic E-state index is 5.91. The molecule has 1 saturated heterocycles. The molecule has 0 bridgehead atoms. The quantitative estimate of drug-likeness (QED) is 0.530. The van der Waals surface area contributed by atoms with Gasteiger partial charge < -0.3 is 21.7 Å². The molecule has 5 heteroatoms. The summed E-state index contributed by atoms with van der Waals surface area (Å²) in [4.78, 5) is 6.66. The van der Waals surface area contributed by atoms with Gasteiger partial charge in [0.25, 0.3) is 0 Å². The second-order valence-corrected chi connectivity index (χ2v) is 8.24. The average molecular weight is 402 g/mol. The van der Waals surface area contributed by atoms with E-state index in [4.69, 9.17) is 11.5 Å². The lowest BCUT2D eigenvalue weighted by atomic mass is 9.94. The lowest BCUT2D eigenvalue weighted by Crippen LogP contribution is -2.34. The smallest absolute Gasteiger partial charge is 0.151 e. The molecule has 1 aliphatic heterocycles. The van der Waals surface area contributed by atoms with E-state index >= 15 is 0 Å². The molecule has 0 aromatic carbocycles. The molecule has 2 heterocycles. The molecule has 0 saturated carbocycles. The second kappa shape index (κ2) is 13.9. The summed E-state index contributed by atoms with van der Waals surface area (Å²) >= 11 is 0. The van der Waals surface area contributed by atoms with Crippen molar-refractivity contribution >= 4 is 11.5 Å². The van der Waals surface area contributed by atoms with Crippen LogP contribution in [-0.4, -0.2) is 24.6 Å². The fraction of sp³-hybridized carbons (Fsp3) is 0.625. The highest BCUT2D eigenvalue weighted by atomic mass is 15.2. The minimum atomic E-state index is 0.799. The number of hydrogen-bond acceptors (Lipinski definition) is 5. The number of nitrogens with zero attached hydrogens (tertiary/aromatic N) is 2. The van der Waals surface area contributed by atoms with Crippen LogP contribution in [0.5, 0.6) is 0 Å². The number of allylic oxidation sites excluding steroid dienone is 4. The molecule has 1 unspecified atom stereocenters. The van der Waals surface area contributed by atoms with Crippen LogP contribution in [0, 0.1) is 11.8 Å². The molecule has 1 aliphatic rings. The number of aromatic nitrogens is 1. The Morgan fingerprint density at radius 1 is 1.28 bits per heavy atom. The van der Waals surface area contributed by atoms with Crippen molar-refractivity contribution in [3.63, 3.8) is 0 Å². The molecule has 1 aromatic heterocycles. The number of pyridine rings is 1. The van der Waals surface area contributed by atoms with Gasteiger partial charge in [0.05, 0.1) is 5.69 Å². The third-order valence-corrected chi connectivity index (χ3v) is 5.64. The van der Waals surface area contributed by atoms with Gasteiger partial charge in [0.2, 0.25) is 0 Å². The van der Waals surface area contributed by atoms with Crippen LogP contribution in [-0.2, 0) is 0 Å². The first-order valence-electron chi connectivity index (χ1n) is 11.2. The van der Waals surface area contributed by atoms with E-state index in [1.54, 1.807) is 0 Å². The summed E-state index contributed by atoms with van der Waals surface area (Å²) in [6.45, 7) is 14.0. The Morgan fingerprint density at radius 3 is 2.52 bits per heavy atom. The molecule has 1 aromatic rings. The van der Waals surface area contributed by atoms with Crippen molar-refractivity contribution in [3.8, 4) is 0 Å². The normalized spacial score (nSPS) is 16.8. The van der Waals surface area contributed by atoms with Crippen molar-refractivity contribution in [2.75, 3.05) is 30.3 Å². The summed E-state index contributed by atoms with van der Waals surface area (Å²) in [5, 5.41) is 3.36. The lowest BCUT2D eigenvalue weighted by molar-refractivity contribution is 0.394. The third-order valence-electron chi connectivity index (χ3n) is 5.64. The van der Waals surface area contributed by atoms with Crippen molar-refractivity contribution in [1.29, 1.82) is 0 Å². The Labute approximate surface area is 178 Å². The van der Waals surface area contributed by atoms with Crippen LogP contribution in [0.1, 0.15) is 66.7 Å². The van der Waals surface area contributed by atoms with Crippen molar-refractivity contribution < 1.29 is 0 Å². The van der Waals surface area contributed by atoms with Crippen molar-refractivity contribution in [3.05, 3.63) is 41.9 Å². The van der Waals surface area contributed by atoms with Gasteiger partial charge in [-0.25, -0.2) is 4.98 Å². The van der Waals surface area contributed by atoms with Crippen LogP contribution < -0.4 is 21.7 Å². The SMILES string of the molecule is CCC(C)CCN/C(C)=C/C=C(\C)N.CCC1CCN(c2ncccc2N)CC1. The molecule has 0 amide bonds. The van der Waals surface area contributed by atoms with Gasteiger partial charge in [-0.05, 0) is 69.2 Å². The minimum absolute atomic E-state index is 0.799. The van der Waals surface area contributed by atoms with Crippen LogP contribution in [0.4, 0.5) is 11.5 Å². The van der Waals surface area contributed by atoms with Gasteiger partial charge >= 0.3 is 0 Å². The number of hydrogen-bond donors (Lipinski definition) is 3. The van der Waals surface area contributed by atoms with E-state index < -0.39 is 0 Å². The molecule has 1 fully saturated rings. The fourth-order valence-corrected chi connectivity index (χ4v) is 3.26. The van der Waals surface area contributed by atoms with E-state index in [1.807, 2.05) is 37.4 Å². The molecule has 0 spiro atoms. The van der Waals surface area contributed by atoms with Gasteiger partial charge in [0.1, 0.15) is 0 Å². The number of anilines is 2. The molecule has 0 radical (unpaired) electrons. The third kappa shape index (κ3) is 10.2. The van der Waals surface area contributed by atoms with Crippen LogP contribution in [0.2, 0.25) is 0 Å².